The molecule has 0 heterocycles. The number of carbonyl (C=O) groups excluding carboxylic acids is 1. The monoisotopic (exact) mass is 468 g/mol. The van der Waals surface area contributed by atoms with Crippen LogP contribution in [-0.2, 0) is 21.2 Å². The number of rotatable bonds is 9. The van der Waals surface area contributed by atoms with Gasteiger partial charge in [-0.2, -0.15) is 0 Å². The zero-order valence-electron chi connectivity index (χ0n) is 16.2. The largest absolute Gasteiger partial charge is 0.483 e. The molecule has 0 fully saturated rings. The van der Waals surface area contributed by atoms with E-state index in [0.717, 1.165) is 10.9 Å². The topological polar surface area (TPSA) is 84.5 Å². The molecule has 28 heavy (non-hydrogen) atoms. The van der Waals surface area contributed by atoms with Crippen molar-refractivity contribution in [1.29, 1.82) is 0 Å². The lowest BCUT2D eigenvalue weighted by Gasteiger charge is -2.13. The summed E-state index contributed by atoms with van der Waals surface area (Å²) in [5, 5.41) is 2.69. The van der Waals surface area contributed by atoms with Gasteiger partial charge in [-0.3, -0.25) is 4.79 Å². The number of aryl methyl sites for hydroxylation is 1. The zero-order valence-corrected chi connectivity index (χ0v) is 18.6. The van der Waals surface area contributed by atoms with Crippen LogP contribution in [0, 0.1) is 0 Å². The Balaban J connectivity index is 1.94. The van der Waals surface area contributed by atoms with Crippen LogP contribution in [0.4, 0.5) is 5.69 Å². The van der Waals surface area contributed by atoms with E-state index in [9.17, 15) is 13.2 Å². The summed E-state index contributed by atoms with van der Waals surface area (Å²) in [7, 11) is -3.57. The fraction of sp³-hybridized carbons (Fsp3) is 0.350. The molecule has 0 saturated heterocycles. The molecular formula is C20H25BrN2O4S. The highest BCUT2D eigenvalue weighted by Gasteiger charge is 2.16. The molecule has 1 atom stereocenters. The average molecular weight is 469 g/mol. The molecule has 1 unspecified atom stereocenters. The van der Waals surface area contributed by atoms with Crippen molar-refractivity contribution in [2.45, 2.75) is 44.6 Å². The van der Waals surface area contributed by atoms with Crippen LogP contribution in [0.2, 0.25) is 0 Å². The fourth-order valence-corrected chi connectivity index (χ4v) is 4.22. The molecule has 0 aromatic heterocycles. The highest BCUT2D eigenvalue weighted by Crippen LogP contribution is 2.26. The van der Waals surface area contributed by atoms with Gasteiger partial charge < -0.3 is 10.1 Å². The van der Waals surface area contributed by atoms with Gasteiger partial charge in [0.25, 0.3) is 5.91 Å². The van der Waals surface area contributed by atoms with Gasteiger partial charge in [-0.25, -0.2) is 13.1 Å². The number of carbonyl (C=O) groups is 1. The number of hydrogen-bond acceptors (Lipinski definition) is 4. The van der Waals surface area contributed by atoms with Gasteiger partial charge in [-0.1, -0.05) is 19.9 Å². The molecule has 8 heteroatoms. The van der Waals surface area contributed by atoms with E-state index in [1.165, 1.54) is 17.7 Å². The molecule has 0 aliphatic rings. The molecule has 2 N–H and O–H groups in total. The summed E-state index contributed by atoms with van der Waals surface area (Å²) in [6.45, 7) is 5.62. The molecule has 0 aliphatic heterocycles. The summed E-state index contributed by atoms with van der Waals surface area (Å²) in [4.78, 5) is 12.3. The van der Waals surface area contributed by atoms with Crippen molar-refractivity contribution >= 4 is 37.5 Å². The molecule has 2 rings (SSSR count). The second-order valence-corrected chi connectivity index (χ2v) is 8.98. The van der Waals surface area contributed by atoms with Crippen molar-refractivity contribution in [1.82, 2.24) is 4.72 Å². The number of halogens is 1. The maximum atomic E-state index is 12.2. The van der Waals surface area contributed by atoms with Crippen molar-refractivity contribution < 1.29 is 17.9 Å². The summed E-state index contributed by atoms with van der Waals surface area (Å²) in [6, 6.07) is 11.6. The van der Waals surface area contributed by atoms with E-state index in [4.69, 9.17) is 4.74 Å². The van der Waals surface area contributed by atoms with Gasteiger partial charge in [0.05, 0.1) is 9.37 Å². The first-order chi connectivity index (χ1) is 13.2. The standard InChI is InChI=1S/C20H25BrN2O4S/c1-4-14(3)23-28(25,26)17-9-7-16(8-10-17)22-20(24)13-27-19-11-6-15(5-2)12-18(19)21/h6-12,14,23H,4-5,13H2,1-3H3,(H,22,24). The maximum absolute atomic E-state index is 12.2. The van der Waals surface area contributed by atoms with Gasteiger partial charge >= 0.3 is 0 Å². The first kappa shape index (κ1) is 22.4. The molecule has 0 bridgehead atoms. The highest BCUT2D eigenvalue weighted by atomic mass is 79.9. The van der Waals surface area contributed by atoms with Gasteiger partial charge in [0.15, 0.2) is 6.61 Å². The number of anilines is 1. The van der Waals surface area contributed by atoms with Crippen LogP contribution in [-0.4, -0.2) is 27.0 Å². The smallest absolute Gasteiger partial charge is 0.262 e. The van der Waals surface area contributed by atoms with Crippen LogP contribution in [0.1, 0.15) is 32.8 Å². The van der Waals surface area contributed by atoms with Crippen molar-refractivity contribution in [3.8, 4) is 5.75 Å². The lowest BCUT2D eigenvalue weighted by molar-refractivity contribution is -0.118. The average Bonchev–Trinajstić information content (AvgIpc) is 2.67. The molecule has 2 aromatic rings. The van der Waals surface area contributed by atoms with Crippen LogP contribution in [0.5, 0.6) is 5.75 Å². The van der Waals surface area contributed by atoms with Gasteiger partial charge in [0.2, 0.25) is 10.0 Å². The third kappa shape index (κ3) is 6.32. The second kappa shape index (κ2) is 10.0. The summed E-state index contributed by atoms with van der Waals surface area (Å²) in [5.41, 5.74) is 1.66. The third-order valence-corrected chi connectivity index (χ3v) is 6.41. The van der Waals surface area contributed by atoms with Gasteiger partial charge in [-0.05, 0) is 77.7 Å². The zero-order chi connectivity index (χ0) is 20.7. The lowest BCUT2D eigenvalue weighted by atomic mass is 10.2. The number of hydrogen-bond donors (Lipinski definition) is 2. The van der Waals surface area contributed by atoms with Crippen molar-refractivity contribution in [2.75, 3.05) is 11.9 Å². The van der Waals surface area contributed by atoms with Crippen LogP contribution >= 0.6 is 15.9 Å². The number of benzene rings is 2. The first-order valence-corrected chi connectivity index (χ1v) is 11.4. The Morgan fingerprint density at radius 1 is 1.14 bits per heavy atom. The van der Waals surface area contributed by atoms with E-state index in [1.54, 1.807) is 19.1 Å². The van der Waals surface area contributed by atoms with Crippen LogP contribution in [0.25, 0.3) is 0 Å². The molecule has 1 amide bonds. The Bertz CT molecular complexity index is 914. The Hall–Kier alpha value is -1.90. The normalized spacial score (nSPS) is 12.4. The number of sulfonamides is 1. The molecule has 152 valence electrons. The van der Waals surface area contributed by atoms with Crippen LogP contribution in [0.3, 0.4) is 0 Å². The summed E-state index contributed by atoms with van der Waals surface area (Å²) in [5.74, 6) is 0.254. The molecule has 6 nitrogen and oxygen atoms in total. The van der Waals surface area contributed by atoms with Gasteiger partial charge in [0, 0.05) is 11.7 Å². The lowest BCUT2D eigenvalue weighted by Crippen LogP contribution is -2.32. The summed E-state index contributed by atoms with van der Waals surface area (Å²) < 4.78 is 33.4. The highest BCUT2D eigenvalue weighted by molar-refractivity contribution is 9.10. The molecule has 2 aromatic carbocycles. The molecule has 0 saturated carbocycles. The van der Waals surface area contributed by atoms with E-state index < -0.39 is 10.0 Å². The predicted molar refractivity (Wildman–Crippen MR) is 114 cm³/mol. The van der Waals surface area contributed by atoms with Crippen molar-refractivity contribution in [2.24, 2.45) is 0 Å². The van der Waals surface area contributed by atoms with Gasteiger partial charge in [-0.15, -0.1) is 0 Å². The Morgan fingerprint density at radius 3 is 2.39 bits per heavy atom. The number of amides is 1. The Morgan fingerprint density at radius 2 is 1.82 bits per heavy atom. The minimum atomic E-state index is -3.57. The van der Waals surface area contributed by atoms with Gasteiger partial charge in [0.1, 0.15) is 5.75 Å². The second-order valence-electron chi connectivity index (χ2n) is 6.41. The maximum Gasteiger partial charge on any atom is 0.262 e. The van der Waals surface area contributed by atoms with Crippen molar-refractivity contribution in [3.05, 3.63) is 52.5 Å². The minimum absolute atomic E-state index is 0.146. The Labute approximate surface area is 174 Å². The number of ether oxygens (including phenoxy) is 1. The summed E-state index contributed by atoms with van der Waals surface area (Å²) >= 11 is 3.43. The molecule has 0 aliphatic carbocycles. The van der Waals surface area contributed by atoms with Crippen LogP contribution < -0.4 is 14.8 Å². The van der Waals surface area contributed by atoms with Crippen molar-refractivity contribution in [3.63, 3.8) is 0 Å². The Kier molecular flexibility index (Phi) is 8.03. The van der Waals surface area contributed by atoms with Crippen LogP contribution in [0.15, 0.2) is 51.8 Å². The first-order valence-electron chi connectivity index (χ1n) is 9.08. The fourth-order valence-electron chi connectivity index (χ4n) is 2.36. The third-order valence-electron chi connectivity index (χ3n) is 4.18. The predicted octanol–water partition coefficient (Wildman–Crippen LogP) is 4.11. The molecule has 0 spiro atoms. The summed E-state index contributed by atoms with van der Waals surface area (Å²) in [6.07, 6.45) is 1.61. The van der Waals surface area contributed by atoms with E-state index in [1.807, 2.05) is 25.1 Å². The molecular weight excluding hydrogens is 444 g/mol. The van der Waals surface area contributed by atoms with E-state index in [2.05, 4.69) is 32.9 Å². The number of nitrogens with one attached hydrogen (secondary N) is 2. The SMILES string of the molecule is CCc1ccc(OCC(=O)Nc2ccc(S(=O)(=O)NC(C)CC)cc2)c(Br)c1. The van der Waals surface area contributed by atoms with E-state index in [-0.39, 0.29) is 23.5 Å². The molecule has 0 radical (unpaired) electrons. The quantitative estimate of drug-likeness (QED) is 0.579. The minimum Gasteiger partial charge on any atom is -0.483 e. The van der Waals surface area contributed by atoms with E-state index >= 15 is 0 Å². The van der Waals surface area contributed by atoms with E-state index in [0.29, 0.717) is 17.9 Å².